The van der Waals surface area contributed by atoms with Crippen molar-refractivity contribution in [2.75, 3.05) is 5.73 Å². The number of nitrogens with two attached hydrogens (primary N) is 1. The molecule has 18 heavy (non-hydrogen) atoms. The van der Waals surface area contributed by atoms with Crippen LogP contribution in [0.4, 0.5) is 5.82 Å². The van der Waals surface area contributed by atoms with E-state index >= 15 is 0 Å². The Bertz CT molecular complexity index is 579. The van der Waals surface area contributed by atoms with Gasteiger partial charge in [-0.25, -0.2) is 4.98 Å². The van der Waals surface area contributed by atoms with Crippen LogP contribution in [0.15, 0.2) is 30.3 Å². The molecule has 0 aliphatic heterocycles. The van der Waals surface area contributed by atoms with E-state index in [2.05, 4.69) is 9.97 Å². The van der Waals surface area contributed by atoms with Gasteiger partial charge in [-0.05, 0) is 31.4 Å². The summed E-state index contributed by atoms with van der Waals surface area (Å²) in [4.78, 5) is 8.67. The summed E-state index contributed by atoms with van der Waals surface area (Å²) < 4.78 is 5.78. The van der Waals surface area contributed by atoms with Gasteiger partial charge in [0.1, 0.15) is 17.4 Å². The van der Waals surface area contributed by atoms with Gasteiger partial charge in [0.2, 0.25) is 5.88 Å². The third-order valence-corrected chi connectivity index (χ3v) is 2.99. The largest absolute Gasteiger partial charge is 0.439 e. The van der Waals surface area contributed by atoms with Gasteiger partial charge in [-0.3, -0.25) is 0 Å². The molecule has 2 N–H and O–H groups in total. The highest BCUT2D eigenvalue weighted by molar-refractivity contribution is 5.39. The fourth-order valence-corrected chi connectivity index (χ4v) is 1.82. The Labute approximate surface area is 106 Å². The summed E-state index contributed by atoms with van der Waals surface area (Å²) in [6.07, 6.45) is 2.29. The van der Waals surface area contributed by atoms with Gasteiger partial charge < -0.3 is 10.5 Å². The maximum Gasteiger partial charge on any atom is 0.224 e. The number of nitrogens with zero attached hydrogens (tertiary/aromatic N) is 2. The monoisotopic (exact) mass is 241 g/mol. The van der Waals surface area contributed by atoms with Gasteiger partial charge in [0.25, 0.3) is 0 Å². The minimum atomic E-state index is 0.465. The summed E-state index contributed by atoms with van der Waals surface area (Å²) in [5.41, 5.74) is 6.86. The molecule has 1 heterocycles. The zero-order valence-electron chi connectivity index (χ0n) is 10.3. The molecule has 0 amide bonds. The summed E-state index contributed by atoms with van der Waals surface area (Å²) in [5.74, 6) is 3.07. The van der Waals surface area contributed by atoms with E-state index in [1.165, 1.54) is 0 Å². The van der Waals surface area contributed by atoms with Crippen LogP contribution in [0.25, 0.3) is 0 Å². The lowest BCUT2D eigenvalue weighted by atomic mass is 10.2. The molecule has 0 saturated heterocycles. The maximum atomic E-state index is 5.79. The second-order valence-corrected chi connectivity index (χ2v) is 4.63. The van der Waals surface area contributed by atoms with Crippen LogP contribution in [-0.4, -0.2) is 9.97 Å². The lowest BCUT2D eigenvalue weighted by Crippen LogP contribution is -2.00. The van der Waals surface area contributed by atoms with Gasteiger partial charge in [-0.2, -0.15) is 4.98 Å². The van der Waals surface area contributed by atoms with Crippen LogP contribution in [-0.2, 0) is 0 Å². The minimum absolute atomic E-state index is 0.465. The Kier molecular flexibility index (Phi) is 2.63. The number of ether oxygens (including phenoxy) is 1. The predicted octanol–water partition coefficient (Wildman–Crippen LogP) is 3.04. The van der Waals surface area contributed by atoms with Crippen LogP contribution in [0, 0.1) is 6.92 Å². The highest BCUT2D eigenvalue weighted by Crippen LogP contribution is 2.39. The molecule has 92 valence electrons. The molecule has 4 nitrogen and oxygen atoms in total. The molecule has 1 aliphatic rings. The van der Waals surface area contributed by atoms with Gasteiger partial charge in [0.15, 0.2) is 0 Å². The third kappa shape index (κ3) is 2.27. The number of hydrogen-bond donors (Lipinski definition) is 1. The van der Waals surface area contributed by atoms with Crippen LogP contribution < -0.4 is 10.5 Å². The standard InChI is InChI=1S/C14H15N3O/c1-9-4-2-3-5-11(9)18-13-8-12(15)16-14(17-13)10-6-7-10/h2-5,8,10H,6-7H2,1H3,(H2,15,16,17). The molecule has 2 aromatic rings. The van der Waals surface area contributed by atoms with E-state index < -0.39 is 0 Å². The molecule has 0 unspecified atom stereocenters. The number of anilines is 1. The second-order valence-electron chi connectivity index (χ2n) is 4.63. The third-order valence-electron chi connectivity index (χ3n) is 2.99. The molecular weight excluding hydrogens is 226 g/mol. The Hall–Kier alpha value is -2.10. The average molecular weight is 241 g/mol. The van der Waals surface area contributed by atoms with Gasteiger partial charge in [0.05, 0.1) is 0 Å². The molecule has 0 atom stereocenters. The highest BCUT2D eigenvalue weighted by atomic mass is 16.5. The van der Waals surface area contributed by atoms with E-state index in [1.807, 2.05) is 31.2 Å². The molecule has 1 aliphatic carbocycles. The van der Waals surface area contributed by atoms with Crippen molar-refractivity contribution in [1.82, 2.24) is 9.97 Å². The van der Waals surface area contributed by atoms with Gasteiger partial charge in [-0.1, -0.05) is 18.2 Å². The number of aromatic nitrogens is 2. The summed E-state index contributed by atoms with van der Waals surface area (Å²) in [6.45, 7) is 2.00. The van der Waals surface area contributed by atoms with Crippen molar-refractivity contribution in [3.8, 4) is 11.6 Å². The number of nitrogen functional groups attached to an aromatic ring is 1. The first kappa shape index (κ1) is 11.0. The van der Waals surface area contributed by atoms with E-state index in [9.17, 15) is 0 Å². The second kappa shape index (κ2) is 4.29. The molecule has 0 spiro atoms. The lowest BCUT2D eigenvalue weighted by molar-refractivity contribution is 0.455. The molecule has 1 saturated carbocycles. The van der Waals surface area contributed by atoms with Crippen molar-refractivity contribution in [3.05, 3.63) is 41.7 Å². The first-order valence-corrected chi connectivity index (χ1v) is 6.10. The van der Waals surface area contributed by atoms with Crippen molar-refractivity contribution >= 4 is 5.82 Å². The fraction of sp³-hybridized carbons (Fsp3) is 0.286. The molecule has 1 aromatic carbocycles. The summed E-state index contributed by atoms with van der Waals surface area (Å²) in [6, 6.07) is 9.51. The van der Waals surface area contributed by atoms with Crippen LogP contribution in [0.3, 0.4) is 0 Å². The van der Waals surface area contributed by atoms with Gasteiger partial charge in [0, 0.05) is 12.0 Å². The predicted molar refractivity (Wildman–Crippen MR) is 69.7 cm³/mol. The number of hydrogen-bond acceptors (Lipinski definition) is 4. The van der Waals surface area contributed by atoms with Crippen LogP contribution in [0.1, 0.15) is 30.1 Å². The number of benzene rings is 1. The molecule has 1 aromatic heterocycles. The average Bonchev–Trinajstić information content (AvgIpc) is 3.15. The molecular formula is C14H15N3O. The molecule has 3 rings (SSSR count). The maximum absolute atomic E-state index is 5.79. The lowest BCUT2D eigenvalue weighted by Gasteiger charge is -2.09. The van der Waals surface area contributed by atoms with E-state index in [4.69, 9.17) is 10.5 Å². The normalized spacial score (nSPS) is 14.5. The topological polar surface area (TPSA) is 61.0 Å². The van der Waals surface area contributed by atoms with Crippen molar-refractivity contribution in [1.29, 1.82) is 0 Å². The van der Waals surface area contributed by atoms with E-state index in [1.54, 1.807) is 6.07 Å². The smallest absolute Gasteiger partial charge is 0.224 e. The van der Waals surface area contributed by atoms with Crippen molar-refractivity contribution in [2.45, 2.75) is 25.7 Å². The minimum Gasteiger partial charge on any atom is -0.439 e. The zero-order valence-corrected chi connectivity index (χ0v) is 10.3. The van der Waals surface area contributed by atoms with Gasteiger partial charge in [-0.15, -0.1) is 0 Å². The number of rotatable bonds is 3. The summed E-state index contributed by atoms with van der Waals surface area (Å²) >= 11 is 0. The Morgan fingerprint density at radius 2 is 2.00 bits per heavy atom. The van der Waals surface area contributed by atoms with E-state index in [0.717, 1.165) is 30.0 Å². The number of aryl methyl sites for hydroxylation is 1. The van der Waals surface area contributed by atoms with E-state index in [-0.39, 0.29) is 0 Å². The van der Waals surface area contributed by atoms with E-state index in [0.29, 0.717) is 17.6 Å². The first-order chi connectivity index (χ1) is 8.72. The van der Waals surface area contributed by atoms with Crippen molar-refractivity contribution in [3.63, 3.8) is 0 Å². The molecule has 0 bridgehead atoms. The van der Waals surface area contributed by atoms with Crippen LogP contribution in [0.5, 0.6) is 11.6 Å². The van der Waals surface area contributed by atoms with Gasteiger partial charge >= 0.3 is 0 Å². The Morgan fingerprint density at radius 1 is 1.22 bits per heavy atom. The number of para-hydroxylation sites is 1. The molecule has 4 heteroatoms. The van der Waals surface area contributed by atoms with Crippen molar-refractivity contribution < 1.29 is 4.74 Å². The molecule has 0 radical (unpaired) electrons. The molecule has 1 fully saturated rings. The fourth-order valence-electron chi connectivity index (χ4n) is 1.82. The van der Waals surface area contributed by atoms with Crippen molar-refractivity contribution in [2.24, 2.45) is 0 Å². The Balaban J connectivity index is 1.90. The first-order valence-electron chi connectivity index (χ1n) is 6.10. The summed E-state index contributed by atoms with van der Waals surface area (Å²) in [7, 11) is 0. The quantitative estimate of drug-likeness (QED) is 0.897. The summed E-state index contributed by atoms with van der Waals surface area (Å²) in [5, 5.41) is 0. The van der Waals surface area contributed by atoms with Crippen LogP contribution >= 0.6 is 0 Å². The van der Waals surface area contributed by atoms with Crippen LogP contribution in [0.2, 0.25) is 0 Å². The highest BCUT2D eigenvalue weighted by Gasteiger charge is 2.27. The zero-order chi connectivity index (χ0) is 12.5. The Morgan fingerprint density at radius 3 is 2.72 bits per heavy atom. The SMILES string of the molecule is Cc1ccccc1Oc1cc(N)nc(C2CC2)n1.